The van der Waals surface area contributed by atoms with Crippen molar-refractivity contribution in [3.05, 3.63) is 41.2 Å². The van der Waals surface area contributed by atoms with Gasteiger partial charge in [-0.2, -0.15) is 0 Å². The second-order valence-electron chi connectivity index (χ2n) is 6.54. The third kappa shape index (κ3) is 3.66. The minimum absolute atomic E-state index is 0.101. The van der Waals surface area contributed by atoms with Crippen molar-refractivity contribution in [3.63, 3.8) is 0 Å². The number of carbonyl (C=O) groups is 2. The molecule has 1 aliphatic rings. The Morgan fingerprint density at radius 3 is 2.54 bits per heavy atom. The molecule has 0 radical (unpaired) electrons. The third-order valence-corrected chi connectivity index (χ3v) is 4.34. The standard InChI is InChI=1S/C19H22N4O3/c1-11-5-6-16(26-4)15(7-11)23-10-14(9-17(23)24)18(25)22-19-20-12(2)8-13(3)21-19/h5-8,14H,9-10H2,1-4H3,(H,20,21,22,25). The van der Waals surface area contributed by atoms with E-state index in [4.69, 9.17) is 4.74 Å². The van der Waals surface area contributed by atoms with Crippen LogP contribution in [0.1, 0.15) is 23.4 Å². The number of hydrogen-bond donors (Lipinski definition) is 1. The minimum Gasteiger partial charge on any atom is -0.495 e. The van der Waals surface area contributed by atoms with Gasteiger partial charge in [0.15, 0.2) is 0 Å². The van der Waals surface area contributed by atoms with E-state index < -0.39 is 5.92 Å². The number of rotatable bonds is 4. The Bertz CT molecular complexity index is 846. The van der Waals surface area contributed by atoms with Crippen LogP contribution < -0.4 is 15.0 Å². The fourth-order valence-corrected chi connectivity index (χ4v) is 3.12. The van der Waals surface area contributed by atoms with Crippen LogP contribution in [0.25, 0.3) is 0 Å². The Hall–Kier alpha value is -2.96. The van der Waals surface area contributed by atoms with Crippen molar-refractivity contribution in [2.24, 2.45) is 5.92 Å². The fraction of sp³-hybridized carbons (Fsp3) is 0.368. The van der Waals surface area contributed by atoms with Gasteiger partial charge in [-0.15, -0.1) is 0 Å². The van der Waals surface area contributed by atoms with Gasteiger partial charge < -0.3 is 9.64 Å². The summed E-state index contributed by atoms with van der Waals surface area (Å²) in [7, 11) is 1.57. The summed E-state index contributed by atoms with van der Waals surface area (Å²) in [5.41, 5.74) is 3.27. The summed E-state index contributed by atoms with van der Waals surface area (Å²) in [4.78, 5) is 35.1. The lowest BCUT2D eigenvalue weighted by Crippen LogP contribution is -2.29. The van der Waals surface area contributed by atoms with Crippen molar-refractivity contribution in [2.75, 3.05) is 23.9 Å². The maximum atomic E-state index is 12.6. The molecular formula is C19H22N4O3. The predicted molar refractivity (Wildman–Crippen MR) is 98.3 cm³/mol. The van der Waals surface area contributed by atoms with Gasteiger partial charge >= 0.3 is 0 Å². The summed E-state index contributed by atoms with van der Waals surface area (Å²) in [6.07, 6.45) is 0.147. The Morgan fingerprint density at radius 1 is 1.19 bits per heavy atom. The molecule has 1 N–H and O–H groups in total. The smallest absolute Gasteiger partial charge is 0.232 e. The van der Waals surface area contributed by atoms with Crippen LogP contribution in [-0.2, 0) is 9.59 Å². The molecule has 0 aliphatic carbocycles. The highest BCUT2D eigenvalue weighted by atomic mass is 16.5. The van der Waals surface area contributed by atoms with Crippen LogP contribution in [-0.4, -0.2) is 35.4 Å². The summed E-state index contributed by atoms with van der Waals surface area (Å²) in [5, 5.41) is 2.73. The minimum atomic E-state index is -0.461. The monoisotopic (exact) mass is 354 g/mol. The zero-order chi connectivity index (χ0) is 18.8. The van der Waals surface area contributed by atoms with Gasteiger partial charge in [0.05, 0.1) is 18.7 Å². The van der Waals surface area contributed by atoms with E-state index in [0.717, 1.165) is 17.0 Å². The van der Waals surface area contributed by atoms with E-state index in [1.807, 2.05) is 45.0 Å². The van der Waals surface area contributed by atoms with Gasteiger partial charge in [-0.1, -0.05) is 6.07 Å². The van der Waals surface area contributed by atoms with E-state index in [9.17, 15) is 9.59 Å². The van der Waals surface area contributed by atoms with E-state index in [2.05, 4.69) is 15.3 Å². The molecule has 1 fully saturated rings. The van der Waals surface area contributed by atoms with Gasteiger partial charge in [0, 0.05) is 24.4 Å². The summed E-state index contributed by atoms with van der Waals surface area (Å²) in [5.74, 6) is 0.0687. The second kappa shape index (κ2) is 7.11. The molecular weight excluding hydrogens is 332 g/mol. The fourth-order valence-electron chi connectivity index (χ4n) is 3.12. The Morgan fingerprint density at radius 2 is 1.88 bits per heavy atom. The van der Waals surface area contributed by atoms with Crippen molar-refractivity contribution in [1.29, 1.82) is 0 Å². The zero-order valence-corrected chi connectivity index (χ0v) is 15.4. The lowest BCUT2D eigenvalue weighted by Gasteiger charge is -2.20. The number of ether oxygens (including phenoxy) is 1. The van der Waals surface area contributed by atoms with E-state index in [-0.39, 0.29) is 24.2 Å². The molecule has 1 aromatic carbocycles. The van der Waals surface area contributed by atoms with Gasteiger partial charge in [0.1, 0.15) is 5.75 Å². The molecule has 7 heteroatoms. The summed E-state index contributed by atoms with van der Waals surface area (Å²) in [6.45, 7) is 5.94. The molecule has 2 aromatic rings. The van der Waals surface area contributed by atoms with Crippen molar-refractivity contribution in [2.45, 2.75) is 27.2 Å². The first-order chi connectivity index (χ1) is 12.4. The molecule has 2 amide bonds. The van der Waals surface area contributed by atoms with Gasteiger partial charge in [-0.05, 0) is 44.5 Å². The highest BCUT2D eigenvalue weighted by Crippen LogP contribution is 2.34. The molecule has 1 aliphatic heterocycles. The quantitative estimate of drug-likeness (QED) is 0.911. The van der Waals surface area contributed by atoms with Crippen LogP contribution in [0.4, 0.5) is 11.6 Å². The van der Waals surface area contributed by atoms with Gasteiger partial charge in [0.25, 0.3) is 0 Å². The largest absolute Gasteiger partial charge is 0.495 e. The average Bonchev–Trinajstić information content (AvgIpc) is 2.95. The molecule has 7 nitrogen and oxygen atoms in total. The summed E-state index contributed by atoms with van der Waals surface area (Å²) < 4.78 is 5.36. The average molecular weight is 354 g/mol. The molecule has 1 unspecified atom stereocenters. The number of aryl methyl sites for hydroxylation is 3. The van der Waals surface area contributed by atoms with Gasteiger partial charge in [-0.3, -0.25) is 14.9 Å². The van der Waals surface area contributed by atoms with Crippen LogP contribution in [0.5, 0.6) is 5.75 Å². The molecule has 3 rings (SSSR count). The number of nitrogens with zero attached hydrogens (tertiary/aromatic N) is 3. The zero-order valence-electron chi connectivity index (χ0n) is 15.4. The van der Waals surface area contributed by atoms with Crippen LogP contribution in [0, 0.1) is 26.7 Å². The highest BCUT2D eigenvalue weighted by Gasteiger charge is 2.36. The topological polar surface area (TPSA) is 84.4 Å². The number of amides is 2. The van der Waals surface area contributed by atoms with Gasteiger partial charge in [0.2, 0.25) is 17.8 Å². The number of aromatic nitrogens is 2. The first kappa shape index (κ1) is 17.8. The van der Waals surface area contributed by atoms with Crippen LogP contribution in [0.15, 0.2) is 24.3 Å². The SMILES string of the molecule is COc1ccc(C)cc1N1CC(C(=O)Nc2nc(C)cc(C)n2)CC1=O. The van der Waals surface area contributed by atoms with Crippen LogP contribution in [0.3, 0.4) is 0 Å². The molecule has 136 valence electrons. The molecule has 1 aromatic heterocycles. The summed E-state index contributed by atoms with van der Waals surface area (Å²) >= 11 is 0. The predicted octanol–water partition coefficient (Wildman–Crippen LogP) is 2.40. The number of hydrogen-bond acceptors (Lipinski definition) is 5. The number of carbonyl (C=O) groups excluding carboxylic acids is 2. The summed E-state index contributed by atoms with van der Waals surface area (Å²) in [6, 6.07) is 7.48. The Kier molecular flexibility index (Phi) is 4.88. The van der Waals surface area contributed by atoms with E-state index in [0.29, 0.717) is 18.0 Å². The van der Waals surface area contributed by atoms with Crippen molar-refractivity contribution in [1.82, 2.24) is 9.97 Å². The lowest BCUT2D eigenvalue weighted by atomic mass is 10.1. The van der Waals surface area contributed by atoms with Crippen molar-refractivity contribution >= 4 is 23.5 Å². The van der Waals surface area contributed by atoms with Crippen molar-refractivity contribution < 1.29 is 14.3 Å². The molecule has 0 bridgehead atoms. The third-order valence-electron chi connectivity index (χ3n) is 4.34. The Labute approximate surface area is 152 Å². The van der Waals surface area contributed by atoms with Gasteiger partial charge in [-0.25, -0.2) is 9.97 Å². The molecule has 0 saturated carbocycles. The maximum absolute atomic E-state index is 12.6. The van der Waals surface area contributed by atoms with E-state index >= 15 is 0 Å². The molecule has 26 heavy (non-hydrogen) atoms. The van der Waals surface area contributed by atoms with Crippen LogP contribution in [0.2, 0.25) is 0 Å². The highest BCUT2D eigenvalue weighted by molar-refractivity contribution is 6.03. The van der Waals surface area contributed by atoms with Crippen molar-refractivity contribution in [3.8, 4) is 5.75 Å². The second-order valence-corrected chi connectivity index (χ2v) is 6.54. The van der Waals surface area contributed by atoms with Crippen LogP contribution >= 0.6 is 0 Å². The normalized spacial score (nSPS) is 16.7. The maximum Gasteiger partial charge on any atom is 0.232 e. The van der Waals surface area contributed by atoms with E-state index in [1.165, 1.54) is 0 Å². The molecule has 1 atom stereocenters. The molecule has 2 heterocycles. The Balaban J connectivity index is 1.77. The first-order valence-corrected chi connectivity index (χ1v) is 8.45. The van der Waals surface area contributed by atoms with E-state index in [1.54, 1.807) is 12.0 Å². The molecule has 0 spiro atoms. The lowest BCUT2D eigenvalue weighted by molar-refractivity contribution is -0.122. The molecule has 1 saturated heterocycles. The number of nitrogens with one attached hydrogen (secondary N) is 1. The number of anilines is 2. The number of methoxy groups -OCH3 is 1. The first-order valence-electron chi connectivity index (χ1n) is 8.45. The number of benzene rings is 1.